The molecule has 26 heavy (non-hydrogen) atoms. The van der Waals surface area contributed by atoms with Gasteiger partial charge in [-0.3, -0.25) is 4.79 Å². The molecule has 0 saturated carbocycles. The van der Waals surface area contributed by atoms with Crippen LogP contribution in [0, 0.1) is 11.6 Å². The molecule has 5 nitrogen and oxygen atoms in total. The van der Waals surface area contributed by atoms with Crippen LogP contribution in [0.25, 0.3) is 11.4 Å². The fraction of sp³-hybridized carbons (Fsp3) is 0.167. The number of hydrogen-bond acceptors (Lipinski definition) is 4. The zero-order valence-corrected chi connectivity index (χ0v) is 14.1. The summed E-state index contributed by atoms with van der Waals surface area (Å²) in [7, 11) is 0. The maximum atomic E-state index is 14.0. The molecule has 8 heteroatoms. The average Bonchev–Trinajstić information content (AvgIpc) is 3.22. The van der Waals surface area contributed by atoms with Crippen LogP contribution in [0.4, 0.5) is 14.5 Å². The minimum Gasteiger partial charge on any atom is -0.339 e. The number of rotatable bonds is 3. The van der Waals surface area contributed by atoms with E-state index < -0.39 is 11.6 Å². The molecule has 1 atom stereocenters. The van der Waals surface area contributed by atoms with Crippen molar-refractivity contribution in [2.45, 2.75) is 12.3 Å². The van der Waals surface area contributed by atoms with E-state index in [1.54, 1.807) is 24.3 Å². The van der Waals surface area contributed by atoms with E-state index in [1.807, 2.05) is 0 Å². The van der Waals surface area contributed by atoms with Gasteiger partial charge < -0.3 is 9.42 Å². The summed E-state index contributed by atoms with van der Waals surface area (Å²) in [5.41, 5.74) is 0.728. The predicted molar refractivity (Wildman–Crippen MR) is 90.8 cm³/mol. The number of nitrogens with zero attached hydrogens (tertiary/aromatic N) is 3. The Labute approximate surface area is 152 Å². The van der Waals surface area contributed by atoms with Crippen LogP contribution in [0.15, 0.2) is 47.0 Å². The van der Waals surface area contributed by atoms with Crippen molar-refractivity contribution in [2.75, 3.05) is 11.4 Å². The van der Waals surface area contributed by atoms with Gasteiger partial charge in [0.1, 0.15) is 11.6 Å². The second-order valence-corrected chi connectivity index (χ2v) is 6.40. The molecule has 1 aliphatic heterocycles. The highest BCUT2D eigenvalue weighted by Gasteiger charge is 2.36. The lowest BCUT2D eigenvalue weighted by Crippen LogP contribution is -2.25. The van der Waals surface area contributed by atoms with Crippen LogP contribution in [-0.4, -0.2) is 22.6 Å². The Kier molecular flexibility index (Phi) is 4.16. The summed E-state index contributed by atoms with van der Waals surface area (Å²) in [5, 5.41) is 4.47. The minimum absolute atomic E-state index is 0.0356. The smallest absolute Gasteiger partial charge is 0.232 e. The van der Waals surface area contributed by atoms with Gasteiger partial charge in [-0.25, -0.2) is 8.78 Å². The molecule has 0 N–H and O–H groups in total. The Balaban J connectivity index is 1.58. The van der Waals surface area contributed by atoms with Crippen LogP contribution in [0.2, 0.25) is 5.02 Å². The van der Waals surface area contributed by atoms with E-state index in [0.717, 1.165) is 12.1 Å². The van der Waals surface area contributed by atoms with Crippen LogP contribution in [-0.2, 0) is 4.79 Å². The molecule has 1 aromatic heterocycles. The summed E-state index contributed by atoms with van der Waals surface area (Å²) in [6.07, 6.45) is 0.105. The van der Waals surface area contributed by atoms with Crippen molar-refractivity contribution < 1.29 is 18.1 Å². The number of carbonyl (C=O) groups is 1. The first-order chi connectivity index (χ1) is 12.5. The first-order valence-corrected chi connectivity index (χ1v) is 8.24. The lowest BCUT2D eigenvalue weighted by atomic mass is 10.1. The second kappa shape index (κ2) is 6.49. The standard InChI is InChI=1S/C18H12ClF2N3O2/c19-12-3-1-2-10(6-12)17-22-18(26-23-17)11-7-16(25)24(9-11)15-5-4-13(20)8-14(15)21/h1-6,8,11H,7,9H2. The number of halogens is 3. The highest BCUT2D eigenvalue weighted by Crippen LogP contribution is 2.33. The fourth-order valence-electron chi connectivity index (χ4n) is 2.95. The Hall–Kier alpha value is -2.80. The Morgan fingerprint density at radius 1 is 1.19 bits per heavy atom. The number of benzene rings is 2. The molecule has 132 valence electrons. The highest BCUT2D eigenvalue weighted by atomic mass is 35.5. The molecule has 1 aliphatic rings. The molecule has 2 aromatic carbocycles. The van der Waals surface area contributed by atoms with Gasteiger partial charge in [-0.2, -0.15) is 4.98 Å². The van der Waals surface area contributed by atoms with Gasteiger partial charge in [0, 0.05) is 29.6 Å². The molecule has 1 amide bonds. The van der Waals surface area contributed by atoms with Crippen molar-refractivity contribution >= 4 is 23.2 Å². The van der Waals surface area contributed by atoms with Gasteiger partial charge in [0.15, 0.2) is 0 Å². The number of amides is 1. The van der Waals surface area contributed by atoms with Crippen molar-refractivity contribution in [1.29, 1.82) is 0 Å². The van der Waals surface area contributed by atoms with Gasteiger partial charge in [-0.15, -0.1) is 0 Å². The van der Waals surface area contributed by atoms with Crippen molar-refractivity contribution in [3.8, 4) is 11.4 Å². The van der Waals surface area contributed by atoms with Crippen molar-refractivity contribution in [1.82, 2.24) is 10.1 Å². The molecule has 1 fully saturated rings. The molecule has 0 bridgehead atoms. The van der Waals surface area contributed by atoms with Gasteiger partial charge in [-0.1, -0.05) is 28.9 Å². The van der Waals surface area contributed by atoms with Crippen LogP contribution < -0.4 is 4.90 Å². The summed E-state index contributed by atoms with van der Waals surface area (Å²) in [5.74, 6) is -1.49. The number of carbonyl (C=O) groups excluding carboxylic acids is 1. The van der Waals surface area contributed by atoms with Gasteiger partial charge in [0.2, 0.25) is 17.6 Å². The summed E-state index contributed by atoms with van der Waals surface area (Å²) in [4.78, 5) is 17.9. The van der Waals surface area contributed by atoms with Gasteiger partial charge in [-0.05, 0) is 24.3 Å². The minimum atomic E-state index is -0.788. The monoisotopic (exact) mass is 375 g/mol. The fourth-order valence-corrected chi connectivity index (χ4v) is 3.14. The first kappa shape index (κ1) is 16.7. The summed E-state index contributed by atoms with van der Waals surface area (Å²) in [6, 6.07) is 10.1. The molecular formula is C18H12ClF2N3O2. The van der Waals surface area contributed by atoms with Crippen LogP contribution in [0.3, 0.4) is 0 Å². The number of aromatic nitrogens is 2. The van der Waals surface area contributed by atoms with Gasteiger partial charge >= 0.3 is 0 Å². The van der Waals surface area contributed by atoms with Crippen LogP contribution in [0.5, 0.6) is 0 Å². The summed E-state index contributed by atoms with van der Waals surface area (Å²) >= 11 is 5.96. The third-order valence-corrected chi connectivity index (χ3v) is 4.43. The quantitative estimate of drug-likeness (QED) is 0.688. The summed E-state index contributed by atoms with van der Waals surface area (Å²) in [6.45, 7) is 0.179. The molecular weight excluding hydrogens is 364 g/mol. The third kappa shape index (κ3) is 3.06. The molecule has 2 heterocycles. The van der Waals surface area contributed by atoms with Gasteiger partial charge in [0.25, 0.3) is 0 Å². The number of hydrogen-bond donors (Lipinski definition) is 0. The molecule has 0 radical (unpaired) electrons. The molecule has 1 unspecified atom stereocenters. The topological polar surface area (TPSA) is 59.2 Å². The molecule has 3 aromatic rings. The van der Waals surface area contributed by atoms with E-state index in [1.165, 1.54) is 11.0 Å². The van der Waals surface area contributed by atoms with E-state index >= 15 is 0 Å². The SMILES string of the molecule is O=C1CC(c2nc(-c3cccc(Cl)c3)no2)CN1c1ccc(F)cc1F. The third-order valence-electron chi connectivity index (χ3n) is 4.20. The predicted octanol–water partition coefficient (Wildman–Crippen LogP) is 4.19. The second-order valence-electron chi connectivity index (χ2n) is 5.97. The van der Waals surface area contributed by atoms with E-state index in [0.29, 0.717) is 22.3 Å². The van der Waals surface area contributed by atoms with E-state index in [-0.39, 0.29) is 30.5 Å². The normalized spacial score (nSPS) is 17.1. The van der Waals surface area contributed by atoms with E-state index in [4.69, 9.17) is 16.1 Å². The Morgan fingerprint density at radius 2 is 2.04 bits per heavy atom. The van der Waals surface area contributed by atoms with Crippen molar-refractivity contribution in [3.63, 3.8) is 0 Å². The molecule has 1 saturated heterocycles. The lowest BCUT2D eigenvalue weighted by molar-refractivity contribution is -0.117. The zero-order chi connectivity index (χ0) is 18.3. The van der Waals surface area contributed by atoms with E-state index in [2.05, 4.69) is 10.1 Å². The largest absolute Gasteiger partial charge is 0.339 e. The summed E-state index contributed by atoms with van der Waals surface area (Å²) < 4.78 is 32.3. The van der Waals surface area contributed by atoms with E-state index in [9.17, 15) is 13.6 Å². The van der Waals surface area contributed by atoms with Crippen molar-refractivity contribution in [2.24, 2.45) is 0 Å². The molecule has 4 rings (SSSR count). The lowest BCUT2D eigenvalue weighted by Gasteiger charge is -2.16. The van der Waals surface area contributed by atoms with Crippen molar-refractivity contribution in [3.05, 3.63) is 65.0 Å². The maximum Gasteiger partial charge on any atom is 0.232 e. The maximum absolute atomic E-state index is 14.0. The highest BCUT2D eigenvalue weighted by molar-refractivity contribution is 6.30. The Bertz CT molecular complexity index is 992. The van der Waals surface area contributed by atoms with Crippen LogP contribution >= 0.6 is 11.6 Å². The average molecular weight is 376 g/mol. The van der Waals surface area contributed by atoms with Crippen LogP contribution in [0.1, 0.15) is 18.2 Å². The molecule has 0 spiro atoms. The number of anilines is 1. The zero-order valence-electron chi connectivity index (χ0n) is 13.3. The molecule has 0 aliphatic carbocycles. The van der Waals surface area contributed by atoms with Gasteiger partial charge in [0.05, 0.1) is 11.6 Å². The first-order valence-electron chi connectivity index (χ1n) is 7.86. The Morgan fingerprint density at radius 3 is 2.81 bits per heavy atom.